The van der Waals surface area contributed by atoms with Gasteiger partial charge in [0.05, 0.1) is 13.7 Å². The summed E-state index contributed by atoms with van der Waals surface area (Å²) in [7, 11) is 1.57. The van der Waals surface area contributed by atoms with Crippen LogP contribution in [0.15, 0.2) is 46.9 Å². The van der Waals surface area contributed by atoms with Gasteiger partial charge in [0.1, 0.15) is 5.75 Å². The molecule has 24 heavy (non-hydrogen) atoms. The Morgan fingerprint density at radius 2 is 2.00 bits per heavy atom. The molecule has 1 amide bonds. The van der Waals surface area contributed by atoms with Crippen LogP contribution in [0.25, 0.3) is 11.0 Å². The van der Waals surface area contributed by atoms with Gasteiger partial charge < -0.3 is 19.2 Å². The van der Waals surface area contributed by atoms with Gasteiger partial charge in [0.25, 0.3) is 5.91 Å². The summed E-state index contributed by atoms with van der Waals surface area (Å²) in [5.41, 5.74) is 2.21. The van der Waals surface area contributed by atoms with E-state index in [0.717, 1.165) is 16.7 Å². The predicted molar refractivity (Wildman–Crippen MR) is 93.1 cm³/mol. The van der Waals surface area contributed by atoms with Gasteiger partial charge in [-0.2, -0.15) is 0 Å². The maximum atomic E-state index is 12.4. The molecule has 0 aliphatic heterocycles. The molecule has 2 aromatic carbocycles. The Kier molecular flexibility index (Phi) is 4.42. The fourth-order valence-electron chi connectivity index (χ4n) is 2.55. The maximum Gasteiger partial charge on any atom is 0.291 e. The van der Waals surface area contributed by atoms with E-state index in [1.54, 1.807) is 25.3 Å². The highest BCUT2D eigenvalue weighted by molar-refractivity contribution is 6.05. The molecule has 3 rings (SSSR count). The predicted octanol–water partition coefficient (Wildman–Crippen LogP) is 4.40. The average Bonchev–Trinajstić information content (AvgIpc) is 3.01. The molecule has 0 aliphatic carbocycles. The lowest BCUT2D eigenvalue weighted by atomic mass is 10.2. The highest BCUT2D eigenvalue weighted by Crippen LogP contribution is 2.29. The second-order valence-corrected chi connectivity index (χ2v) is 5.36. The van der Waals surface area contributed by atoms with Crippen LogP contribution in [0.4, 0.5) is 5.69 Å². The minimum atomic E-state index is -0.309. The number of amides is 1. The van der Waals surface area contributed by atoms with Crippen LogP contribution in [-0.2, 0) is 0 Å². The Morgan fingerprint density at radius 3 is 2.71 bits per heavy atom. The first-order valence-corrected chi connectivity index (χ1v) is 7.73. The fraction of sp³-hybridized carbons (Fsp3) is 0.211. The Balaban J connectivity index is 1.83. The summed E-state index contributed by atoms with van der Waals surface area (Å²) in [5.74, 6) is 1.34. The van der Waals surface area contributed by atoms with Gasteiger partial charge >= 0.3 is 0 Å². The van der Waals surface area contributed by atoms with E-state index >= 15 is 0 Å². The minimum Gasteiger partial charge on any atom is -0.494 e. The number of para-hydroxylation sites is 1. The molecule has 0 saturated heterocycles. The van der Waals surface area contributed by atoms with Crippen LogP contribution >= 0.6 is 0 Å². The van der Waals surface area contributed by atoms with E-state index in [9.17, 15) is 4.79 Å². The first-order valence-electron chi connectivity index (χ1n) is 7.73. The lowest BCUT2D eigenvalue weighted by Crippen LogP contribution is -2.11. The van der Waals surface area contributed by atoms with E-state index in [1.807, 2.05) is 38.1 Å². The monoisotopic (exact) mass is 325 g/mol. The second kappa shape index (κ2) is 6.66. The molecule has 1 heterocycles. The number of anilines is 1. The van der Waals surface area contributed by atoms with Gasteiger partial charge in [-0.15, -0.1) is 0 Å². The van der Waals surface area contributed by atoms with Crippen molar-refractivity contribution in [2.45, 2.75) is 13.8 Å². The zero-order valence-corrected chi connectivity index (χ0v) is 13.9. The molecule has 3 aromatic rings. The molecule has 0 saturated carbocycles. The summed E-state index contributed by atoms with van der Waals surface area (Å²) < 4.78 is 16.4. The van der Waals surface area contributed by atoms with E-state index in [4.69, 9.17) is 13.9 Å². The molecule has 5 heteroatoms. The second-order valence-electron chi connectivity index (χ2n) is 5.36. The summed E-state index contributed by atoms with van der Waals surface area (Å²) in [4.78, 5) is 12.4. The standard InChI is InChI=1S/C19H19NO4/c1-4-23-15-9-8-14(10-12(15)2)20-19(21)17-11-13-6-5-7-16(22-3)18(13)24-17/h5-11H,4H2,1-3H3,(H,20,21). The molecule has 1 aromatic heterocycles. The number of carbonyl (C=O) groups is 1. The summed E-state index contributed by atoms with van der Waals surface area (Å²) in [6.07, 6.45) is 0. The number of rotatable bonds is 5. The molecular formula is C19H19NO4. The van der Waals surface area contributed by atoms with Crippen LogP contribution in [0.2, 0.25) is 0 Å². The number of methoxy groups -OCH3 is 1. The highest BCUT2D eigenvalue weighted by atomic mass is 16.5. The Morgan fingerprint density at radius 1 is 1.17 bits per heavy atom. The lowest BCUT2D eigenvalue weighted by Gasteiger charge is -2.09. The Bertz CT molecular complexity index is 882. The summed E-state index contributed by atoms with van der Waals surface area (Å²) >= 11 is 0. The highest BCUT2D eigenvalue weighted by Gasteiger charge is 2.15. The molecule has 1 N–H and O–H groups in total. The van der Waals surface area contributed by atoms with Crippen molar-refractivity contribution in [3.05, 3.63) is 53.8 Å². The number of benzene rings is 2. The van der Waals surface area contributed by atoms with Crippen molar-refractivity contribution in [3.8, 4) is 11.5 Å². The van der Waals surface area contributed by atoms with Crippen LogP contribution in [0.5, 0.6) is 11.5 Å². The third-order valence-electron chi connectivity index (χ3n) is 3.68. The van der Waals surface area contributed by atoms with E-state index in [2.05, 4.69) is 5.32 Å². The van der Waals surface area contributed by atoms with Crippen molar-refractivity contribution in [2.24, 2.45) is 0 Å². The smallest absolute Gasteiger partial charge is 0.291 e. The van der Waals surface area contributed by atoms with Gasteiger partial charge in [0.2, 0.25) is 0 Å². The Labute approximate surface area is 140 Å². The summed E-state index contributed by atoms with van der Waals surface area (Å²) in [6.45, 7) is 4.48. The topological polar surface area (TPSA) is 60.7 Å². The lowest BCUT2D eigenvalue weighted by molar-refractivity contribution is 0.0998. The number of furan rings is 1. The van der Waals surface area contributed by atoms with Crippen LogP contribution in [0, 0.1) is 6.92 Å². The molecule has 5 nitrogen and oxygen atoms in total. The number of fused-ring (bicyclic) bond motifs is 1. The molecule has 0 radical (unpaired) electrons. The molecule has 0 spiro atoms. The molecular weight excluding hydrogens is 306 g/mol. The van der Waals surface area contributed by atoms with Gasteiger partial charge in [0.15, 0.2) is 17.1 Å². The van der Waals surface area contributed by atoms with Crippen molar-refractivity contribution in [2.75, 3.05) is 19.0 Å². The molecule has 0 fully saturated rings. The Hall–Kier alpha value is -2.95. The molecule has 0 unspecified atom stereocenters. The first kappa shape index (κ1) is 15.9. The van der Waals surface area contributed by atoms with E-state index in [-0.39, 0.29) is 11.7 Å². The number of ether oxygens (including phenoxy) is 2. The largest absolute Gasteiger partial charge is 0.494 e. The van der Waals surface area contributed by atoms with Crippen LogP contribution in [0.1, 0.15) is 23.0 Å². The normalized spacial score (nSPS) is 10.6. The quantitative estimate of drug-likeness (QED) is 0.755. The van der Waals surface area contributed by atoms with E-state index in [1.165, 1.54) is 0 Å². The van der Waals surface area contributed by atoms with E-state index < -0.39 is 0 Å². The number of nitrogens with one attached hydrogen (secondary N) is 1. The molecule has 124 valence electrons. The number of carbonyl (C=O) groups excluding carboxylic acids is 1. The number of aryl methyl sites for hydroxylation is 1. The van der Waals surface area contributed by atoms with Crippen molar-refractivity contribution >= 4 is 22.6 Å². The fourth-order valence-corrected chi connectivity index (χ4v) is 2.55. The molecule has 0 atom stereocenters. The van der Waals surface area contributed by atoms with Gasteiger partial charge in [-0.1, -0.05) is 12.1 Å². The van der Waals surface area contributed by atoms with Crippen LogP contribution < -0.4 is 14.8 Å². The van der Waals surface area contributed by atoms with E-state index in [0.29, 0.717) is 23.6 Å². The van der Waals surface area contributed by atoms with Gasteiger partial charge in [-0.05, 0) is 49.7 Å². The van der Waals surface area contributed by atoms with Crippen LogP contribution in [0.3, 0.4) is 0 Å². The van der Waals surface area contributed by atoms with Gasteiger partial charge in [-0.3, -0.25) is 4.79 Å². The van der Waals surface area contributed by atoms with Crippen LogP contribution in [-0.4, -0.2) is 19.6 Å². The van der Waals surface area contributed by atoms with Gasteiger partial charge in [0, 0.05) is 11.1 Å². The van der Waals surface area contributed by atoms with Crippen molar-refractivity contribution < 1.29 is 18.7 Å². The van der Waals surface area contributed by atoms with Crippen molar-refractivity contribution in [1.29, 1.82) is 0 Å². The zero-order valence-electron chi connectivity index (χ0n) is 13.9. The third-order valence-corrected chi connectivity index (χ3v) is 3.68. The van der Waals surface area contributed by atoms with Gasteiger partial charge in [-0.25, -0.2) is 0 Å². The summed E-state index contributed by atoms with van der Waals surface area (Å²) in [6, 6.07) is 12.7. The van der Waals surface area contributed by atoms with Crippen molar-refractivity contribution in [3.63, 3.8) is 0 Å². The zero-order chi connectivity index (χ0) is 17.1. The summed E-state index contributed by atoms with van der Waals surface area (Å²) in [5, 5.41) is 3.66. The average molecular weight is 325 g/mol. The number of hydrogen-bond acceptors (Lipinski definition) is 4. The number of hydrogen-bond donors (Lipinski definition) is 1. The third kappa shape index (κ3) is 3.06. The first-order chi connectivity index (χ1) is 11.6. The maximum absolute atomic E-state index is 12.4. The molecule has 0 aliphatic rings. The molecule has 0 bridgehead atoms. The van der Waals surface area contributed by atoms with Crippen molar-refractivity contribution in [1.82, 2.24) is 0 Å². The minimum absolute atomic E-state index is 0.237. The SMILES string of the molecule is CCOc1ccc(NC(=O)c2cc3cccc(OC)c3o2)cc1C.